The minimum atomic E-state index is -0.935. The van der Waals surface area contributed by atoms with Gasteiger partial charge in [0.25, 0.3) is 0 Å². The summed E-state index contributed by atoms with van der Waals surface area (Å²) in [6.45, 7) is 1.45. The smallest absolute Gasteiger partial charge is 0.165 e. The Kier molecular flexibility index (Phi) is 4.11. The lowest BCUT2D eigenvalue weighted by Gasteiger charge is -2.05. The number of halogens is 2. The molecule has 0 bridgehead atoms. The Morgan fingerprint density at radius 3 is 2.79 bits per heavy atom. The van der Waals surface area contributed by atoms with Crippen molar-refractivity contribution in [2.75, 3.05) is 0 Å². The van der Waals surface area contributed by atoms with Crippen molar-refractivity contribution in [3.05, 3.63) is 33.3 Å². The van der Waals surface area contributed by atoms with Crippen LogP contribution in [0.1, 0.15) is 12.5 Å². The molecule has 0 radical (unpaired) electrons. The van der Waals surface area contributed by atoms with E-state index in [1.807, 2.05) is 6.07 Å². The van der Waals surface area contributed by atoms with Crippen LogP contribution in [-0.2, 0) is 11.2 Å². The predicted molar refractivity (Wildman–Crippen MR) is 59.5 cm³/mol. The second kappa shape index (κ2) is 4.91. The first kappa shape index (κ1) is 11.7. The monoisotopic (exact) mass is 276 g/mol. The highest BCUT2D eigenvalue weighted by atomic mass is 79.9. The number of hydrogen-bond acceptors (Lipinski definition) is 2. The van der Waals surface area contributed by atoms with E-state index >= 15 is 0 Å². The fourth-order valence-corrected chi connectivity index (χ4v) is 1.74. The third-order valence-electron chi connectivity index (χ3n) is 1.85. The zero-order valence-corrected chi connectivity index (χ0v) is 9.97. The number of aliphatic hydroxyl groups is 1. The van der Waals surface area contributed by atoms with Gasteiger partial charge >= 0.3 is 0 Å². The SMILES string of the molecule is CC(O)C(=O)Cc1ccc(Br)cc1Cl. The molecule has 0 saturated heterocycles. The van der Waals surface area contributed by atoms with E-state index in [0.29, 0.717) is 5.02 Å². The van der Waals surface area contributed by atoms with E-state index in [0.717, 1.165) is 10.0 Å². The van der Waals surface area contributed by atoms with Crippen LogP contribution in [0.25, 0.3) is 0 Å². The molecule has 1 atom stereocenters. The van der Waals surface area contributed by atoms with Gasteiger partial charge in [0.15, 0.2) is 5.78 Å². The molecule has 0 spiro atoms. The fraction of sp³-hybridized carbons (Fsp3) is 0.300. The molecule has 0 fully saturated rings. The number of benzene rings is 1. The zero-order chi connectivity index (χ0) is 10.7. The fourth-order valence-electron chi connectivity index (χ4n) is 1.00. The highest BCUT2D eigenvalue weighted by Gasteiger charge is 2.11. The van der Waals surface area contributed by atoms with Crippen LogP contribution in [0.2, 0.25) is 5.02 Å². The van der Waals surface area contributed by atoms with E-state index in [1.165, 1.54) is 6.92 Å². The summed E-state index contributed by atoms with van der Waals surface area (Å²) < 4.78 is 0.871. The predicted octanol–water partition coefficient (Wildman–Crippen LogP) is 2.59. The van der Waals surface area contributed by atoms with Gasteiger partial charge in [0.05, 0.1) is 0 Å². The van der Waals surface area contributed by atoms with Gasteiger partial charge in [-0.25, -0.2) is 0 Å². The quantitative estimate of drug-likeness (QED) is 0.922. The van der Waals surface area contributed by atoms with E-state index in [1.54, 1.807) is 12.1 Å². The summed E-state index contributed by atoms with van der Waals surface area (Å²) in [6.07, 6.45) is -0.765. The van der Waals surface area contributed by atoms with Crippen molar-refractivity contribution in [1.82, 2.24) is 0 Å². The Morgan fingerprint density at radius 2 is 2.29 bits per heavy atom. The van der Waals surface area contributed by atoms with Crippen molar-refractivity contribution in [1.29, 1.82) is 0 Å². The average Bonchev–Trinajstić information content (AvgIpc) is 2.09. The maximum Gasteiger partial charge on any atom is 0.165 e. The number of rotatable bonds is 3. The van der Waals surface area contributed by atoms with Crippen LogP contribution in [0.15, 0.2) is 22.7 Å². The van der Waals surface area contributed by atoms with Gasteiger partial charge in [0.1, 0.15) is 6.10 Å². The molecule has 1 aromatic carbocycles. The third kappa shape index (κ3) is 3.08. The summed E-state index contributed by atoms with van der Waals surface area (Å²) in [7, 11) is 0. The Hall–Kier alpha value is -0.380. The van der Waals surface area contributed by atoms with E-state index in [4.69, 9.17) is 16.7 Å². The molecule has 14 heavy (non-hydrogen) atoms. The lowest BCUT2D eigenvalue weighted by Crippen LogP contribution is -2.18. The molecule has 0 aliphatic carbocycles. The van der Waals surface area contributed by atoms with Crippen molar-refractivity contribution >= 4 is 33.3 Å². The second-order valence-electron chi connectivity index (χ2n) is 3.05. The molecule has 1 aromatic rings. The molecule has 0 aromatic heterocycles. The van der Waals surface area contributed by atoms with Crippen LogP contribution in [0.4, 0.5) is 0 Å². The first-order chi connectivity index (χ1) is 6.50. The van der Waals surface area contributed by atoms with Crippen molar-refractivity contribution in [2.24, 2.45) is 0 Å². The molecule has 4 heteroatoms. The van der Waals surface area contributed by atoms with Gasteiger partial charge in [-0.3, -0.25) is 4.79 Å². The zero-order valence-electron chi connectivity index (χ0n) is 7.63. The largest absolute Gasteiger partial charge is 0.386 e. The number of carbonyl (C=O) groups is 1. The van der Waals surface area contributed by atoms with E-state index in [-0.39, 0.29) is 12.2 Å². The van der Waals surface area contributed by atoms with Crippen LogP contribution in [0, 0.1) is 0 Å². The molecular formula is C10H10BrClO2. The average molecular weight is 278 g/mol. The van der Waals surface area contributed by atoms with Gasteiger partial charge in [-0.15, -0.1) is 0 Å². The number of aliphatic hydroxyl groups excluding tert-OH is 1. The van der Waals surface area contributed by atoms with Crippen molar-refractivity contribution in [3.8, 4) is 0 Å². The third-order valence-corrected chi connectivity index (χ3v) is 2.69. The standard InChI is InChI=1S/C10H10BrClO2/c1-6(13)10(14)4-7-2-3-8(11)5-9(7)12/h2-3,5-6,13H,4H2,1H3. The molecule has 0 heterocycles. The highest BCUT2D eigenvalue weighted by Crippen LogP contribution is 2.22. The summed E-state index contributed by atoms with van der Waals surface area (Å²) in [5.41, 5.74) is 0.737. The topological polar surface area (TPSA) is 37.3 Å². The van der Waals surface area contributed by atoms with Crippen LogP contribution < -0.4 is 0 Å². The number of hydrogen-bond donors (Lipinski definition) is 1. The van der Waals surface area contributed by atoms with Crippen molar-refractivity contribution < 1.29 is 9.90 Å². The Bertz CT molecular complexity index is 350. The van der Waals surface area contributed by atoms with Crippen molar-refractivity contribution in [3.63, 3.8) is 0 Å². The molecule has 1 rings (SSSR count). The summed E-state index contributed by atoms with van der Waals surface area (Å²) in [6, 6.07) is 5.31. The first-order valence-electron chi connectivity index (χ1n) is 4.15. The van der Waals surface area contributed by atoms with Crippen LogP contribution >= 0.6 is 27.5 Å². The summed E-state index contributed by atoms with van der Waals surface area (Å²) >= 11 is 9.19. The van der Waals surface area contributed by atoms with Gasteiger partial charge in [-0.05, 0) is 24.6 Å². The molecular weight excluding hydrogens is 267 g/mol. The van der Waals surface area contributed by atoms with E-state index in [2.05, 4.69) is 15.9 Å². The Labute approximate surface area is 96.0 Å². The molecule has 1 unspecified atom stereocenters. The van der Waals surface area contributed by atoms with Gasteiger partial charge in [-0.1, -0.05) is 33.6 Å². The Balaban J connectivity index is 2.82. The normalized spacial score (nSPS) is 12.6. The first-order valence-corrected chi connectivity index (χ1v) is 5.32. The molecule has 0 amide bonds. The highest BCUT2D eigenvalue weighted by molar-refractivity contribution is 9.10. The number of ketones is 1. The molecule has 76 valence electrons. The lowest BCUT2D eigenvalue weighted by atomic mass is 10.1. The molecule has 0 aliphatic rings. The van der Waals surface area contributed by atoms with E-state index in [9.17, 15) is 4.79 Å². The molecule has 0 aliphatic heterocycles. The summed E-state index contributed by atoms with van der Waals surface area (Å²) in [5, 5.41) is 9.56. The minimum absolute atomic E-state index is 0.170. The summed E-state index contributed by atoms with van der Waals surface area (Å²) in [5.74, 6) is -0.228. The molecule has 1 N–H and O–H groups in total. The number of Topliss-reactive ketones (excluding diaryl/α,β-unsaturated/α-hetero) is 1. The van der Waals surface area contributed by atoms with Crippen LogP contribution in [0.5, 0.6) is 0 Å². The van der Waals surface area contributed by atoms with Gasteiger partial charge < -0.3 is 5.11 Å². The second-order valence-corrected chi connectivity index (χ2v) is 4.38. The maximum atomic E-state index is 11.2. The van der Waals surface area contributed by atoms with Gasteiger partial charge in [0.2, 0.25) is 0 Å². The van der Waals surface area contributed by atoms with Gasteiger partial charge in [-0.2, -0.15) is 0 Å². The minimum Gasteiger partial charge on any atom is -0.386 e. The maximum absolute atomic E-state index is 11.2. The van der Waals surface area contributed by atoms with Gasteiger partial charge in [0, 0.05) is 15.9 Å². The summed E-state index contributed by atoms with van der Waals surface area (Å²) in [4.78, 5) is 11.2. The van der Waals surface area contributed by atoms with Crippen molar-refractivity contribution in [2.45, 2.75) is 19.4 Å². The lowest BCUT2D eigenvalue weighted by molar-refractivity contribution is -0.125. The van der Waals surface area contributed by atoms with Crippen LogP contribution in [0.3, 0.4) is 0 Å². The molecule has 0 saturated carbocycles. The van der Waals surface area contributed by atoms with Crippen LogP contribution in [-0.4, -0.2) is 17.0 Å². The Morgan fingerprint density at radius 1 is 1.64 bits per heavy atom. The van der Waals surface area contributed by atoms with E-state index < -0.39 is 6.10 Å². The number of carbonyl (C=O) groups excluding carboxylic acids is 1. The molecule has 2 nitrogen and oxygen atoms in total.